The van der Waals surface area contributed by atoms with Gasteiger partial charge in [-0.2, -0.15) is 0 Å². The zero-order chi connectivity index (χ0) is 35.4. The average molecular weight is 696 g/mol. The van der Waals surface area contributed by atoms with Gasteiger partial charge in [0.05, 0.1) is 13.2 Å². The summed E-state index contributed by atoms with van der Waals surface area (Å²) in [6, 6.07) is 0. The van der Waals surface area contributed by atoms with Crippen molar-refractivity contribution < 1.29 is 33.8 Å². The van der Waals surface area contributed by atoms with Gasteiger partial charge >= 0.3 is 7.82 Å². The highest BCUT2D eigenvalue weighted by molar-refractivity contribution is 7.47. The molecular weight excluding hydrogens is 613 g/mol. The Labute approximate surface area is 292 Å². The molecule has 0 spiro atoms. The van der Waals surface area contributed by atoms with Gasteiger partial charge in [0.25, 0.3) is 0 Å². The van der Waals surface area contributed by atoms with Crippen LogP contribution in [0.5, 0.6) is 0 Å². The van der Waals surface area contributed by atoms with Crippen molar-refractivity contribution in [3.63, 3.8) is 0 Å². The van der Waals surface area contributed by atoms with Crippen LogP contribution in [0.15, 0.2) is 0 Å². The minimum absolute atomic E-state index is 0.324. The second-order valence-corrected chi connectivity index (χ2v) is 15.1. The van der Waals surface area contributed by atoms with Gasteiger partial charge in [-0.05, 0) is 33.6 Å². The highest BCUT2D eigenvalue weighted by Gasteiger charge is 2.20. The molecule has 0 radical (unpaired) electrons. The minimum atomic E-state index is -3.87. The number of aliphatic hydroxyl groups excluding tert-OH is 3. The zero-order valence-corrected chi connectivity index (χ0v) is 32.7. The molecule has 4 N–H and O–H groups in total. The fraction of sp³-hybridized carbons (Fsp3) is 1.00. The van der Waals surface area contributed by atoms with E-state index < -0.39 is 26.5 Å². The van der Waals surface area contributed by atoms with E-state index in [0.29, 0.717) is 13.2 Å². The Bertz CT molecular complexity index is 595. The van der Waals surface area contributed by atoms with Crippen molar-refractivity contribution in [3.8, 4) is 0 Å². The van der Waals surface area contributed by atoms with Crippen LogP contribution in [0.2, 0.25) is 0 Å². The second kappa shape index (κ2) is 37.2. The second-order valence-electron chi connectivity index (χ2n) is 13.7. The van der Waals surface area contributed by atoms with E-state index >= 15 is 0 Å². The van der Waals surface area contributed by atoms with Gasteiger partial charge in [0.1, 0.15) is 18.7 Å². The van der Waals surface area contributed by atoms with E-state index in [9.17, 15) is 9.46 Å². The van der Waals surface area contributed by atoms with Gasteiger partial charge in [-0.15, -0.1) is 0 Å². The van der Waals surface area contributed by atoms with Crippen LogP contribution >= 0.6 is 7.82 Å². The molecule has 0 aromatic carbocycles. The summed E-state index contributed by atoms with van der Waals surface area (Å²) in [5.74, 6) is 0. The van der Waals surface area contributed by atoms with Crippen molar-refractivity contribution in [2.45, 2.75) is 233 Å². The van der Waals surface area contributed by atoms with Crippen molar-refractivity contribution in [2.75, 3.05) is 13.2 Å². The molecule has 0 heterocycles. The van der Waals surface area contributed by atoms with Gasteiger partial charge in [-0.3, -0.25) is 9.05 Å². The molecule has 0 aromatic heterocycles. The van der Waals surface area contributed by atoms with E-state index in [2.05, 4.69) is 13.8 Å². The molecule has 0 aliphatic rings. The van der Waals surface area contributed by atoms with Crippen LogP contribution in [0, 0.1) is 0 Å². The molecule has 0 saturated heterocycles. The maximum absolute atomic E-state index is 12.0. The number of phosphoric ester groups is 1. The summed E-state index contributed by atoms with van der Waals surface area (Å²) in [5.41, 5.74) is 0. The molecule has 0 aliphatic carbocycles. The van der Waals surface area contributed by atoms with Crippen molar-refractivity contribution >= 4 is 7.82 Å². The SMILES string of the molecule is CC(O)N(C(C)O)C(C)O.CCCCCCCCCCCCCCCCOP(=O)(O)OCCCCCCCCCCCCCCCC. The van der Waals surface area contributed by atoms with Crippen LogP contribution in [0.25, 0.3) is 0 Å². The molecule has 8 nitrogen and oxygen atoms in total. The number of hydrogen-bond acceptors (Lipinski definition) is 7. The first-order valence-corrected chi connectivity index (χ1v) is 21.5. The van der Waals surface area contributed by atoms with Crippen molar-refractivity contribution in [3.05, 3.63) is 0 Å². The lowest BCUT2D eigenvalue weighted by Gasteiger charge is -2.30. The molecule has 0 fully saturated rings. The minimum Gasteiger partial charge on any atom is -0.379 e. The lowest BCUT2D eigenvalue weighted by molar-refractivity contribution is -0.159. The smallest absolute Gasteiger partial charge is 0.379 e. The number of rotatable bonds is 35. The molecule has 286 valence electrons. The first-order valence-electron chi connectivity index (χ1n) is 20.0. The summed E-state index contributed by atoms with van der Waals surface area (Å²) in [7, 11) is -3.87. The van der Waals surface area contributed by atoms with Gasteiger partial charge in [0.2, 0.25) is 0 Å². The van der Waals surface area contributed by atoms with E-state index in [4.69, 9.17) is 24.4 Å². The van der Waals surface area contributed by atoms with E-state index in [1.165, 1.54) is 180 Å². The van der Waals surface area contributed by atoms with E-state index in [1.807, 2.05) is 0 Å². The fourth-order valence-corrected chi connectivity index (χ4v) is 6.72. The first kappa shape index (κ1) is 49.1. The van der Waals surface area contributed by atoms with Crippen LogP contribution in [-0.2, 0) is 13.6 Å². The largest absolute Gasteiger partial charge is 0.472 e. The number of phosphoric acid groups is 1. The highest BCUT2D eigenvalue weighted by Crippen LogP contribution is 2.43. The summed E-state index contributed by atoms with van der Waals surface area (Å²) in [6.07, 6.45) is 33.9. The normalized spacial score (nSPS) is 13.8. The third kappa shape index (κ3) is 38.6. The third-order valence-corrected chi connectivity index (χ3v) is 9.82. The Hall–Kier alpha value is -0.0500. The maximum atomic E-state index is 12.0. The number of nitrogens with zero attached hydrogens (tertiary/aromatic N) is 1. The van der Waals surface area contributed by atoms with Crippen molar-refractivity contribution in [1.82, 2.24) is 4.90 Å². The quantitative estimate of drug-likeness (QED) is 0.0294. The summed E-state index contributed by atoms with van der Waals surface area (Å²) in [5, 5.41) is 26.9. The molecule has 3 atom stereocenters. The first-order chi connectivity index (χ1) is 22.6. The molecule has 0 saturated carbocycles. The van der Waals surface area contributed by atoms with Crippen LogP contribution in [0.3, 0.4) is 0 Å². The highest BCUT2D eigenvalue weighted by atomic mass is 31.2. The molecule has 0 rings (SSSR count). The third-order valence-electron chi connectivity index (χ3n) is 8.80. The summed E-state index contributed by atoms with van der Waals surface area (Å²) < 4.78 is 22.3. The van der Waals surface area contributed by atoms with E-state index in [0.717, 1.165) is 25.7 Å². The molecule has 47 heavy (non-hydrogen) atoms. The lowest BCUT2D eigenvalue weighted by atomic mass is 10.0. The molecule has 3 unspecified atom stereocenters. The van der Waals surface area contributed by atoms with Crippen molar-refractivity contribution in [2.24, 2.45) is 0 Å². The predicted molar refractivity (Wildman–Crippen MR) is 199 cm³/mol. The zero-order valence-electron chi connectivity index (χ0n) is 31.9. The number of hydrogen-bond donors (Lipinski definition) is 4. The van der Waals surface area contributed by atoms with Crippen LogP contribution < -0.4 is 0 Å². The Kier molecular flexibility index (Phi) is 38.8. The summed E-state index contributed by atoms with van der Waals surface area (Å²) >= 11 is 0. The van der Waals surface area contributed by atoms with Crippen molar-refractivity contribution in [1.29, 1.82) is 0 Å². The average Bonchev–Trinajstić information content (AvgIpc) is 3.00. The maximum Gasteiger partial charge on any atom is 0.472 e. The van der Waals surface area contributed by atoms with Gasteiger partial charge < -0.3 is 20.2 Å². The predicted octanol–water partition coefficient (Wildman–Crippen LogP) is 11.4. The molecule has 0 amide bonds. The molecule has 9 heteroatoms. The standard InChI is InChI=1S/C32H67O4P.C6H15NO3/c1-3-5-7-9-11-13-15-17-19-21-23-25-27-29-31-35-37(33,34)36-32-30-28-26-24-22-20-18-16-14-12-10-8-6-4-2;1-4(8)7(5(2)9)6(3)10/h3-32H2,1-2H3,(H,33,34);4-6,8-10H,1-3H3. The van der Waals surface area contributed by atoms with Crippen LogP contribution in [-0.4, -0.2) is 57.0 Å². The molecule has 0 aliphatic heterocycles. The van der Waals surface area contributed by atoms with E-state index in [1.54, 1.807) is 0 Å². The Morgan fingerprint density at radius 2 is 0.617 bits per heavy atom. The van der Waals surface area contributed by atoms with Gasteiger partial charge in [0, 0.05) is 0 Å². The Morgan fingerprint density at radius 3 is 0.787 bits per heavy atom. The van der Waals surface area contributed by atoms with Gasteiger partial charge in [-0.25, -0.2) is 9.46 Å². The topological polar surface area (TPSA) is 120 Å². The molecule has 0 aromatic rings. The van der Waals surface area contributed by atoms with Gasteiger partial charge in [0.15, 0.2) is 0 Å². The summed E-state index contributed by atoms with van der Waals surface area (Å²) in [4.78, 5) is 11.0. The fourth-order valence-electron chi connectivity index (χ4n) is 5.93. The summed E-state index contributed by atoms with van der Waals surface area (Å²) in [6.45, 7) is 9.65. The van der Waals surface area contributed by atoms with Crippen LogP contribution in [0.1, 0.15) is 214 Å². The van der Waals surface area contributed by atoms with E-state index in [-0.39, 0.29) is 0 Å². The number of unbranched alkanes of at least 4 members (excludes halogenated alkanes) is 26. The molecular formula is C38H82NO7P. The van der Waals surface area contributed by atoms with Crippen LogP contribution in [0.4, 0.5) is 0 Å². The van der Waals surface area contributed by atoms with Gasteiger partial charge in [-0.1, -0.05) is 181 Å². The Morgan fingerprint density at radius 1 is 0.426 bits per heavy atom. The Balaban J connectivity index is 0. The lowest BCUT2D eigenvalue weighted by Crippen LogP contribution is -2.45. The molecule has 0 bridgehead atoms. The number of aliphatic hydroxyl groups is 3. The monoisotopic (exact) mass is 696 g/mol.